The maximum atomic E-state index is 13.6. The Labute approximate surface area is 95.1 Å². The molecular weight excluding hydrogens is 203 g/mol. The fraction of sp³-hybridized carbons (Fsp3) is 0.462. The van der Waals surface area contributed by atoms with E-state index in [1.54, 1.807) is 12.1 Å². The molecule has 0 bridgehead atoms. The van der Waals surface area contributed by atoms with E-state index in [-0.39, 0.29) is 5.56 Å². The quantitative estimate of drug-likeness (QED) is 0.843. The Morgan fingerprint density at radius 2 is 2.25 bits per heavy atom. The monoisotopic (exact) mass is 218 g/mol. The molecule has 0 heterocycles. The number of halogens is 1. The molecule has 0 amide bonds. The molecule has 0 unspecified atom stereocenters. The van der Waals surface area contributed by atoms with Crippen LogP contribution in [0.25, 0.3) is 0 Å². The molecular formula is C13H15FN2. The van der Waals surface area contributed by atoms with Crippen LogP contribution in [-0.4, -0.2) is 6.54 Å². The first kappa shape index (κ1) is 11.1. The summed E-state index contributed by atoms with van der Waals surface area (Å²) in [6.45, 7) is 3.64. The second-order valence-electron chi connectivity index (χ2n) is 4.80. The van der Waals surface area contributed by atoms with Gasteiger partial charge in [-0.05, 0) is 24.3 Å². The van der Waals surface area contributed by atoms with E-state index in [1.165, 1.54) is 18.9 Å². The summed E-state index contributed by atoms with van der Waals surface area (Å²) in [5, 5.41) is 11.9. The second-order valence-corrected chi connectivity index (χ2v) is 4.80. The first-order chi connectivity index (χ1) is 7.64. The van der Waals surface area contributed by atoms with E-state index in [4.69, 9.17) is 5.26 Å². The van der Waals surface area contributed by atoms with Crippen LogP contribution in [0.2, 0.25) is 0 Å². The van der Waals surface area contributed by atoms with Gasteiger partial charge in [-0.1, -0.05) is 19.1 Å². The van der Waals surface area contributed by atoms with Crippen molar-refractivity contribution in [1.29, 1.82) is 5.26 Å². The number of hydrogen-bond donors (Lipinski definition) is 1. The van der Waals surface area contributed by atoms with Crippen LogP contribution in [0.3, 0.4) is 0 Å². The minimum absolute atomic E-state index is 0.122. The van der Waals surface area contributed by atoms with Crippen molar-refractivity contribution in [3.05, 3.63) is 35.1 Å². The third-order valence-corrected chi connectivity index (χ3v) is 3.17. The van der Waals surface area contributed by atoms with E-state index < -0.39 is 5.82 Å². The molecule has 3 heteroatoms. The summed E-state index contributed by atoms with van der Waals surface area (Å²) < 4.78 is 13.6. The average molecular weight is 218 g/mol. The van der Waals surface area contributed by atoms with Gasteiger partial charge in [0.2, 0.25) is 0 Å². The summed E-state index contributed by atoms with van der Waals surface area (Å²) in [6.07, 6.45) is 2.50. The minimum Gasteiger partial charge on any atom is -0.312 e. The van der Waals surface area contributed by atoms with E-state index in [0.717, 1.165) is 6.54 Å². The highest BCUT2D eigenvalue weighted by Crippen LogP contribution is 2.44. The van der Waals surface area contributed by atoms with Gasteiger partial charge in [0.25, 0.3) is 0 Å². The minimum atomic E-state index is -0.390. The maximum absolute atomic E-state index is 13.6. The summed E-state index contributed by atoms with van der Waals surface area (Å²) in [6, 6.07) is 6.79. The zero-order valence-electron chi connectivity index (χ0n) is 9.39. The fourth-order valence-corrected chi connectivity index (χ4v) is 1.69. The fourth-order valence-electron chi connectivity index (χ4n) is 1.69. The zero-order chi connectivity index (χ0) is 11.6. The summed E-state index contributed by atoms with van der Waals surface area (Å²) in [7, 11) is 0. The Hall–Kier alpha value is -1.40. The lowest BCUT2D eigenvalue weighted by Crippen LogP contribution is -2.22. The van der Waals surface area contributed by atoms with Crippen molar-refractivity contribution in [2.24, 2.45) is 5.41 Å². The van der Waals surface area contributed by atoms with Gasteiger partial charge in [-0.2, -0.15) is 5.26 Å². The van der Waals surface area contributed by atoms with Crippen LogP contribution in [0.4, 0.5) is 4.39 Å². The molecule has 1 aliphatic rings. The molecule has 1 fully saturated rings. The van der Waals surface area contributed by atoms with Crippen LogP contribution in [0, 0.1) is 22.6 Å². The van der Waals surface area contributed by atoms with Gasteiger partial charge >= 0.3 is 0 Å². The van der Waals surface area contributed by atoms with Gasteiger partial charge in [0, 0.05) is 18.7 Å². The van der Waals surface area contributed by atoms with Crippen LogP contribution in [0.15, 0.2) is 18.2 Å². The second kappa shape index (κ2) is 4.23. The predicted molar refractivity (Wildman–Crippen MR) is 60.2 cm³/mol. The highest BCUT2D eigenvalue weighted by Gasteiger charge is 2.36. The normalized spacial score (nSPS) is 16.8. The number of nitrogens with zero attached hydrogens (tertiary/aromatic N) is 1. The van der Waals surface area contributed by atoms with Gasteiger partial charge in [-0.15, -0.1) is 0 Å². The Kier molecular flexibility index (Phi) is 2.93. The number of nitriles is 1. The zero-order valence-corrected chi connectivity index (χ0v) is 9.39. The molecule has 84 valence electrons. The lowest BCUT2D eigenvalue weighted by Gasteiger charge is -2.10. The molecule has 0 spiro atoms. The molecule has 1 aromatic rings. The van der Waals surface area contributed by atoms with Crippen molar-refractivity contribution in [2.45, 2.75) is 26.3 Å². The van der Waals surface area contributed by atoms with Gasteiger partial charge in [-0.3, -0.25) is 0 Å². The van der Waals surface area contributed by atoms with E-state index in [2.05, 4.69) is 12.2 Å². The molecule has 1 saturated carbocycles. The molecule has 2 nitrogen and oxygen atoms in total. The third kappa shape index (κ3) is 2.40. The molecule has 1 aliphatic carbocycles. The number of hydrogen-bond acceptors (Lipinski definition) is 2. The smallest absolute Gasteiger partial charge is 0.145 e. The standard InChI is InChI=1S/C13H15FN2/c1-13(5-6-13)9-16-8-11-4-2-3-10(7-15)12(11)14/h2-4,16H,5-6,8-9H2,1H3. The molecule has 2 rings (SSSR count). The van der Waals surface area contributed by atoms with E-state index in [1.807, 2.05) is 6.07 Å². The Morgan fingerprint density at radius 3 is 2.88 bits per heavy atom. The molecule has 0 radical (unpaired) electrons. The lowest BCUT2D eigenvalue weighted by molar-refractivity contribution is 0.491. The maximum Gasteiger partial charge on any atom is 0.145 e. The van der Waals surface area contributed by atoms with Gasteiger partial charge in [-0.25, -0.2) is 4.39 Å². The molecule has 0 saturated heterocycles. The van der Waals surface area contributed by atoms with Crippen molar-refractivity contribution in [3.8, 4) is 6.07 Å². The van der Waals surface area contributed by atoms with E-state index >= 15 is 0 Å². The van der Waals surface area contributed by atoms with Crippen LogP contribution in [0.5, 0.6) is 0 Å². The third-order valence-electron chi connectivity index (χ3n) is 3.17. The molecule has 0 aliphatic heterocycles. The topological polar surface area (TPSA) is 35.8 Å². The van der Waals surface area contributed by atoms with E-state index in [9.17, 15) is 4.39 Å². The van der Waals surface area contributed by atoms with Crippen LogP contribution < -0.4 is 5.32 Å². The lowest BCUT2D eigenvalue weighted by atomic mass is 10.1. The average Bonchev–Trinajstić information content (AvgIpc) is 2.99. The summed E-state index contributed by atoms with van der Waals surface area (Å²) >= 11 is 0. The van der Waals surface area contributed by atoms with Crippen LogP contribution in [-0.2, 0) is 6.54 Å². The van der Waals surface area contributed by atoms with Gasteiger partial charge in [0.15, 0.2) is 0 Å². The van der Waals surface area contributed by atoms with Gasteiger partial charge in [0.05, 0.1) is 5.56 Å². The molecule has 0 aromatic heterocycles. The Morgan fingerprint density at radius 1 is 1.50 bits per heavy atom. The SMILES string of the molecule is CC1(CNCc2cccc(C#N)c2F)CC1. The van der Waals surface area contributed by atoms with Crippen molar-refractivity contribution in [3.63, 3.8) is 0 Å². The van der Waals surface area contributed by atoms with Gasteiger partial charge in [0.1, 0.15) is 11.9 Å². The van der Waals surface area contributed by atoms with Crippen molar-refractivity contribution in [2.75, 3.05) is 6.54 Å². The Bertz CT molecular complexity index is 430. The summed E-state index contributed by atoms with van der Waals surface area (Å²) in [5.41, 5.74) is 1.11. The van der Waals surface area contributed by atoms with Crippen molar-refractivity contribution < 1.29 is 4.39 Å². The van der Waals surface area contributed by atoms with Gasteiger partial charge < -0.3 is 5.32 Å². The summed E-state index contributed by atoms with van der Waals surface area (Å²) in [4.78, 5) is 0. The first-order valence-corrected chi connectivity index (χ1v) is 5.53. The number of nitrogens with one attached hydrogen (secondary N) is 1. The predicted octanol–water partition coefficient (Wildman–Crippen LogP) is 2.59. The molecule has 0 atom stereocenters. The Balaban J connectivity index is 1.96. The van der Waals surface area contributed by atoms with E-state index in [0.29, 0.717) is 17.5 Å². The molecule has 16 heavy (non-hydrogen) atoms. The van der Waals surface area contributed by atoms with Crippen molar-refractivity contribution in [1.82, 2.24) is 5.32 Å². The van der Waals surface area contributed by atoms with Crippen LogP contribution >= 0.6 is 0 Å². The number of benzene rings is 1. The molecule has 1 aromatic carbocycles. The molecule has 1 N–H and O–H groups in total. The van der Waals surface area contributed by atoms with Crippen LogP contribution in [0.1, 0.15) is 30.9 Å². The highest BCUT2D eigenvalue weighted by atomic mass is 19.1. The number of rotatable bonds is 4. The first-order valence-electron chi connectivity index (χ1n) is 5.53. The summed E-state index contributed by atoms with van der Waals surface area (Å²) in [5.74, 6) is -0.390. The highest BCUT2D eigenvalue weighted by molar-refractivity contribution is 5.34. The largest absolute Gasteiger partial charge is 0.312 e. The van der Waals surface area contributed by atoms with Crippen molar-refractivity contribution >= 4 is 0 Å².